The largest absolute Gasteiger partial charge is 0.354 e. The molecule has 1 N–H and O–H groups in total. The Morgan fingerprint density at radius 2 is 2.11 bits per heavy atom. The third-order valence-electron chi connectivity index (χ3n) is 4.45. The second-order valence-electron chi connectivity index (χ2n) is 5.85. The zero-order valence-corrected chi connectivity index (χ0v) is 12.7. The van der Waals surface area contributed by atoms with Crippen LogP contribution in [0.5, 0.6) is 0 Å². The van der Waals surface area contributed by atoms with E-state index in [0.29, 0.717) is 31.3 Å². The summed E-state index contributed by atoms with van der Waals surface area (Å²) in [5.74, 6) is 0.430. The summed E-state index contributed by atoms with van der Waals surface area (Å²) >= 11 is 0. The standard InChI is InChI=1S/C15H27N3O/c1-5-15(6-2,11-16)14(19)17-9-13-7-8-18(10-13)12(3)4/h12-13H,5-10H2,1-4H3,(H,17,19). The second kappa shape index (κ2) is 6.91. The first kappa shape index (κ1) is 16.0. The molecule has 0 spiro atoms. The molecule has 0 aromatic rings. The van der Waals surface area contributed by atoms with Gasteiger partial charge in [0.05, 0.1) is 6.07 Å². The number of nitriles is 1. The molecule has 1 heterocycles. The third-order valence-corrected chi connectivity index (χ3v) is 4.45. The number of hydrogen-bond donors (Lipinski definition) is 1. The molecular formula is C15H27N3O. The molecule has 4 nitrogen and oxygen atoms in total. The molecule has 0 bridgehead atoms. The molecule has 1 saturated heterocycles. The molecule has 1 fully saturated rings. The van der Waals surface area contributed by atoms with E-state index in [-0.39, 0.29) is 5.91 Å². The fourth-order valence-corrected chi connectivity index (χ4v) is 2.68. The van der Waals surface area contributed by atoms with Gasteiger partial charge in [-0.15, -0.1) is 0 Å². The maximum absolute atomic E-state index is 12.2. The molecule has 1 aliphatic heterocycles. The number of rotatable bonds is 6. The molecule has 0 aromatic carbocycles. The van der Waals surface area contributed by atoms with Crippen LogP contribution in [0.15, 0.2) is 0 Å². The molecule has 1 rings (SSSR count). The lowest BCUT2D eigenvalue weighted by Crippen LogP contribution is -2.42. The lowest BCUT2D eigenvalue weighted by molar-refractivity contribution is -0.128. The van der Waals surface area contributed by atoms with Crippen molar-refractivity contribution in [3.05, 3.63) is 0 Å². The van der Waals surface area contributed by atoms with Crippen LogP contribution in [0.25, 0.3) is 0 Å². The Balaban J connectivity index is 2.45. The normalized spacial score (nSPS) is 20.5. The number of hydrogen-bond acceptors (Lipinski definition) is 3. The minimum Gasteiger partial charge on any atom is -0.354 e. The SMILES string of the molecule is CCC(C#N)(CC)C(=O)NCC1CCN(C(C)C)C1. The first-order valence-electron chi connectivity index (χ1n) is 7.42. The molecule has 19 heavy (non-hydrogen) atoms. The minimum atomic E-state index is -0.837. The topological polar surface area (TPSA) is 56.1 Å². The van der Waals surface area contributed by atoms with Crippen molar-refractivity contribution >= 4 is 5.91 Å². The minimum absolute atomic E-state index is 0.0944. The van der Waals surface area contributed by atoms with Crippen molar-refractivity contribution in [3.63, 3.8) is 0 Å². The number of carbonyl (C=O) groups excluding carboxylic acids is 1. The lowest BCUT2D eigenvalue weighted by atomic mass is 9.83. The molecular weight excluding hydrogens is 238 g/mol. The van der Waals surface area contributed by atoms with Gasteiger partial charge in [-0.3, -0.25) is 4.79 Å². The van der Waals surface area contributed by atoms with Gasteiger partial charge in [0.1, 0.15) is 5.41 Å². The van der Waals surface area contributed by atoms with Crippen LogP contribution in [-0.4, -0.2) is 36.5 Å². The summed E-state index contributed by atoms with van der Waals surface area (Å²) in [4.78, 5) is 14.6. The van der Waals surface area contributed by atoms with Crippen molar-refractivity contribution in [1.29, 1.82) is 5.26 Å². The molecule has 0 aromatic heterocycles. The van der Waals surface area contributed by atoms with Crippen LogP contribution in [0.2, 0.25) is 0 Å². The van der Waals surface area contributed by atoms with E-state index < -0.39 is 5.41 Å². The van der Waals surface area contributed by atoms with Gasteiger partial charge in [0.2, 0.25) is 5.91 Å². The molecule has 1 amide bonds. The maximum Gasteiger partial charge on any atom is 0.240 e. The van der Waals surface area contributed by atoms with Gasteiger partial charge in [-0.05, 0) is 45.6 Å². The highest BCUT2D eigenvalue weighted by atomic mass is 16.2. The zero-order chi connectivity index (χ0) is 14.5. The molecule has 4 heteroatoms. The summed E-state index contributed by atoms with van der Waals surface area (Å²) in [6.45, 7) is 11.1. The van der Waals surface area contributed by atoms with Crippen LogP contribution in [0, 0.1) is 22.7 Å². The predicted octanol–water partition coefficient (Wildman–Crippen LogP) is 2.16. The summed E-state index contributed by atoms with van der Waals surface area (Å²) in [5.41, 5.74) is -0.837. The summed E-state index contributed by atoms with van der Waals surface area (Å²) in [5, 5.41) is 12.2. The Bertz CT molecular complexity index is 342. The van der Waals surface area contributed by atoms with E-state index in [4.69, 9.17) is 0 Å². The highest BCUT2D eigenvalue weighted by Gasteiger charge is 2.35. The number of amides is 1. The zero-order valence-electron chi connectivity index (χ0n) is 12.7. The molecule has 0 radical (unpaired) electrons. The number of carbonyl (C=O) groups is 1. The average molecular weight is 265 g/mol. The number of nitrogens with one attached hydrogen (secondary N) is 1. The molecule has 0 saturated carbocycles. The smallest absolute Gasteiger partial charge is 0.240 e. The van der Waals surface area contributed by atoms with E-state index in [1.165, 1.54) is 0 Å². The Hall–Kier alpha value is -1.08. The third kappa shape index (κ3) is 3.70. The summed E-state index contributed by atoms with van der Waals surface area (Å²) in [6.07, 6.45) is 2.29. The van der Waals surface area contributed by atoms with Gasteiger partial charge in [0.25, 0.3) is 0 Å². The van der Waals surface area contributed by atoms with Crippen LogP contribution in [0.1, 0.15) is 47.0 Å². The summed E-state index contributed by atoms with van der Waals surface area (Å²) in [6, 6.07) is 2.77. The van der Waals surface area contributed by atoms with Crippen molar-refractivity contribution in [2.45, 2.75) is 53.0 Å². The first-order valence-corrected chi connectivity index (χ1v) is 7.42. The van der Waals surface area contributed by atoms with E-state index in [1.807, 2.05) is 13.8 Å². The highest BCUT2D eigenvalue weighted by molar-refractivity contribution is 5.85. The number of nitrogens with zero attached hydrogens (tertiary/aromatic N) is 2. The van der Waals surface area contributed by atoms with Gasteiger partial charge in [-0.2, -0.15) is 5.26 Å². The molecule has 108 valence electrons. The van der Waals surface area contributed by atoms with E-state index in [9.17, 15) is 10.1 Å². The fraction of sp³-hybridized carbons (Fsp3) is 0.867. The Kier molecular flexibility index (Phi) is 5.81. The Morgan fingerprint density at radius 3 is 2.53 bits per heavy atom. The van der Waals surface area contributed by atoms with Crippen molar-refractivity contribution in [2.24, 2.45) is 11.3 Å². The van der Waals surface area contributed by atoms with E-state index in [1.54, 1.807) is 0 Å². The van der Waals surface area contributed by atoms with E-state index in [0.717, 1.165) is 19.5 Å². The van der Waals surface area contributed by atoms with E-state index in [2.05, 4.69) is 30.1 Å². The Morgan fingerprint density at radius 1 is 1.47 bits per heavy atom. The van der Waals surface area contributed by atoms with Crippen molar-refractivity contribution < 1.29 is 4.79 Å². The van der Waals surface area contributed by atoms with Crippen molar-refractivity contribution in [3.8, 4) is 6.07 Å². The van der Waals surface area contributed by atoms with Crippen LogP contribution >= 0.6 is 0 Å². The van der Waals surface area contributed by atoms with Gasteiger partial charge >= 0.3 is 0 Å². The van der Waals surface area contributed by atoms with Crippen molar-refractivity contribution in [2.75, 3.05) is 19.6 Å². The van der Waals surface area contributed by atoms with Gasteiger partial charge in [0, 0.05) is 19.1 Å². The lowest BCUT2D eigenvalue weighted by Gasteiger charge is -2.24. The van der Waals surface area contributed by atoms with Gasteiger partial charge < -0.3 is 10.2 Å². The van der Waals surface area contributed by atoms with E-state index >= 15 is 0 Å². The fourth-order valence-electron chi connectivity index (χ4n) is 2.68. The monoisotopic (exact) mass is 265 g/mol. The van der Waals surface area contributed by atoms with Crippen LogP contribution in [0.3, 0.4) is 0 Å². The highest BCUT2D eigenvalue weighted by Crippen LogP contribution is 2.26. The molecule has 1 aliphatic rings. The summed E-state index contributed by atoms with van der Waals surface area (Å²) < 4.78 is 0. The molecule has 0 aliphatic carbocycles. The first-order chi connectivity index (χ1) is 8.99. The second-order valence-corrected chi connectivity index (χ2v) is 5.85. The van der Waals surface area contributed by atoms with Crippen LogP contribution < -0.4 is 5.32 Å². The van der Waals surface area contributed by atoms with Crippen molar-refractivity contribution in [1.82, 2.24) is 10.2 Å². The summed E-state index contributed by atoms with van der Waals surface area (Å²) in [7, 11) is 0. The van der Waals surface area contributed by atoms with Gasteiger partial charge in [-0.25, -0.2) is 0 Å². The Labute approximate surface area is 117 Å². The van der Waals surface area contributed by atoms with Gasteiger partial charge in [-0.1, -0.05) is 13.8 Å². The maximum atomic E-state index is 12.2. The van der Waals surface area contributed by atoms with Gasteiger partial charge in [0.15, 0.2) is 0 Å². The average Bonchev–Trinajstić information content (AvgIpc) is 2.88. The van der Waals surface area contributed by atoms with Crippen LogP contribution in [-0.2, 0) is 4.79 Å². The quantitative estimate of drug-likeness (QED) is 0.800. The molecule has 1 atom stereocenters. The van der Waals surface area contributed by atoms with Crippen LogP contribution in [0.4, 0.5) is 0 Å². The molecule has 1 unspecified atom stereocenters. The predicted molar refractivity (Wildman–Crippen MR) is 76.5 cm³/mol. The number of likely N-dealkylation sites (tertiary alicyclic amines) is 1.